The number of Topliss-reactive ketones (excluding diaryl/α,β-unsaturated/α-hetero) is 3. The van der Waals surface area contributed by atoms with Crippen LogP contribution in [-0.4, -0.2) is 91.2 Å². The van der Waals surface area contributed by atoms with Gasteiger partial charge in [0.1, 0.15) is 34.5 Å². The summed E-state index contributed by atoms with van der Waals surface area (Å²) < 4.78 is 37.5. The lowest BCUT2D eigenvalue weighted by Crippen LogP contribution is -2.12. The molecule has 12 nitrogen and oxygen atoms in total. The minimum absolute atomic E-state index is 0.00435. The predicted octanol–water partition coefficient (Wildman–Crippen LogP) is 12.3. The van der Waals surface area contributed by atoms with Gasteiger partial charge in [-0.1, -0.05) is 77.6 Å². The number of hydrogen-bond donors (Lipinski definition) is 3. The van der Waals surface area contributed by atoms with E-state index >= 15 is 0 Å². The fraction of sp³-hybridized carbons (Fsp3) is 0.638. The average Bonchev–Trinajstić information content (AvgIpc) is 3.34. The van der Waals surface area contributed by atoms with Crippen molar-refractivity contribution in [2.24, 2.45) is 0 Å². The SMILES string of the molecule is CCCCCOc1cc(C(C)=O)cc(OCCCCCCCCCCOc2cc(C(C)=O)cc(OCCCCCCCOc3cc(C(C)=O)cc(OCC)c3CCCNC)c2CCCNC)c1CNC. The molecule has 3 aromatic carbocycles. The molecule has 0 amide bonds. The molecule has 70 heavy (non-hydrogen) atoms. The minimum atomic E-state index is -0.00492. The summed E-state index contributed by atoms with van der Waals surface area (Å²) >= 11 is 0. The van der Waals surface area contributed by atoms with E-state index in [9.17, 15) is 14.4 Å². The standard InChI is InChI=1S/C58H91N3O9/c1-9-11-21-32-69-57-41-49(46(5)64)42-58(52(57)43-61-8)70-36-23-18-15-13-12-14-17-22-33-67-55-39-48(45(4)63)40-56(51(55)29-27-31-60-7)68-35-25-20-16-19-24-34-66-54-38-47(44(3)62)37-53(65-10-2)50(54)28-26-30-59-6/h37-42,59-61H,9-36,43H2,1-8H3. The second kappa shape index (κ2) is 36.3. The van der Waals surface area contributed by atoms with Crippen LogP contribution in [0.3, 0.4) is 0 Å². The Bertz CT molecular complexity index is 1970. The first-order chi connectivity index (χ1) is 34.1. The van der Waals surface area contributed by atoms with Crippen molar-refractivity contribution in [2.45, 2.75) is 170 Å². The van der Waals surface area contributed by atoms with Crippen molar-refractivity contribution in [1.82, 2.24) is 16.0 Å². The van der Waals surface area contributed by atoms with Crippen molar-refractivity contribution in [1.29, 1.82) is 0 Å². The number of ether oxygens (including phenoxy) is 6. The van der Waals surface area contributed by atoms with Crippen molar-refractivity contribution in [3.63, 3.8) is 0 Å². The van der Waals surface area contributed by atoms with Crippen molar-refractivity contribution in [3.8, 4) is 34.5 Å². The third kappa shape index (κ3) is 22.6. The maximum atomic E-state index is 12.7. The Morgan fingerprint density at radius 2 is 0.657 bits per heavy atom. The first kappa shape index (κ1) is 59.7. The third-order valence-electron chi connectivity index (χ3n) is 12.4. The van der Waals surface area contributed by atoms with Gasteiger partial charge >= 0.3 is 0 Å². The van der Waals surface area contributed by atoms with Crippen LogP contribution in [0.4, 0.5) is 0 Å². The first-order valence-corrected chi connectivity index (χ1v) is 26.8. The molecule has 0 atom stereocenters. The summed E-state index contributed by atoms with van der Waals surface area (Å²) in [5, 5.41) is 9.69. The Labute approximate surface area is 422 Å². The van der Waals surface area contributed by atoms with E-state index in [-0.39, 0.29) is 17.3 Å². The number of nitrogens with one attached hydrogen (secondary N) is 3. The predicted molar refractivity (Wildman–Crippen MR) is 285 cm³/mol. The van der Waals surface area contributed by atoms with Gasteiger partial charge in [0.05, 0.1) is 39.6 Å². The molecular formula is C58H91N3O9. The van der Waals surface area contributed by atoms with Gasteiger partial charge in [-0.2, -0.15) is 0 Å². The van der Waals surface area contributed by atoms with Crippen LogP contribution in [0.2, 0.25) is 0 Å². The number of benzene rings is 3. The fourth-order valence-electron chi connectivity index (χ4n) is 8.39. The summed E-state index contributed by atoms with van der Waals surface area (Å²) in [5.74, 6) is 4.46. The van der Waals surface area contributed by atoms with Gasteiger partial charge in [-0.25, -0.2) is 0 Å². The molecule has 0 aromatic heterocycles. The topological polar surface area (TPSA) is 143 Å². The van der Waals surface area contributed by atoms with Gasteiger partial charge in [-0.05, 0) is 156 Å². The first-order valence-electron chi connectivity index (χ1n) is 26.8. The number of rotatable bonds is 43. The fourth-order valence-corrected chi connectivity index (χ4v) is 8.39. The Hall–Kier alpha value is -4.65. The van der Waals surface area contributed by atoms with Crippen LogP contribution in [-0.2, 0) is 19.4 Å². The average molecular weight is 974 g/mol. The van der Waals surface area contributed by atoms with Crippen molar-refractivity contribution < 1.29 is 42.8 Å². The molecule has 12 heteroatoms. The van der Waals surface area contributed by atoms with Crippen molar-refractivity contribution in [2.75, 3.05) is 73.9 Å². The Kier molecular flexibility index (Phi) is 30.9. The van der Waals surface area contributed by atoms with E-state index in [1.807, 2.05) is 64.5 Å². The van der Waals surface area contributed by atoms with Crippen LogP contribution in [0.1, 0.15) is 198 Å². The second-order valence-corrected chi connectivity index (χ2v) is 18.4. The molecule has 0 spiro atoms. The number of carbonyl (C=O) groups excluding carboxylic acids is 3. The number of carbonyl (C=O) groups is 3. The largest absolute Gasteiger partial charge is 0.493 e. The lowest BCUT2D eigenvalue weighted by molar-refractivity contribution is 0.100. The molecule has 0 fully saturated rings. The van der Waals surface area contributed by atoms with Crippen LogP contribution >= 0.6 is 0 Å². The Morgan fingerprint density at radius 1 is 0.371 bits per heavy atom. The summed E-state index contributed by atoms with van der Waals surface area (Å²) in [5.41, 5.74) is 4.86. The molecule has 0 bridgehead atoms. The smallest absolute Gasteiger partial charge is 0.160 e. The lowest BCUT2D eigenvalue weighted by atomic mass is 10.0. The second-order valence-electron chi connectivity index (χ2n) is 18.4. The molecule has 0 unspecified atom stereocenters. The van der Waals surface area contributed by atoms with Crippen LogP contribution in [0.25, 0.3) is 0 Å². The van der Waals surface area contributed by atoms with E-state index in [0.717, 1.165) is 180 Å². The molecule has 0 radical (unpaired) electrons. The normalized spacial score (nSPS) is 11.1. The number of unbranched alkanes of at least 4 members (excludes halogenated alkanes) is 13. The Morgan fingerprint density at radius 3 is 0.929 bits per heavy atom. The van der Waals surface area contributed by atoms with Crippen LogP contribution in [0.5, 0.6) is 34.5 Å². The highest BCUT2D eigenvalue weighted by molar-refractivity contribution is 5.96. The zero-order valence-corrected chi connectivity index (χ0v) is 44.6. The molecule has 3 rings (SSSR count). The summed E-state index contributed by atoms with van der Waals surface area (Å²) in [6.45, 7) is 14.8. The number of hydrogen-bond acceptors (Lipinski definition) is 12. The van der Waals surface area contributed by atoms with Gasteiger partial charge in [-0.3, -0.25) is 14.4 Å². The maximum absolute atomic E-state index is 12.7. The van der Waals surface area contributed by atoms with E-state index in [4.69, 9.17) is 28.4 Å². The number of ketones is 3. The van der Waals surface area contributed by atoms with Crippen LogP contribution in [0, 0.1) is 0 Å². The molecule has 0 aliphatic rings. The van der Waals surface area contributed by atoms with Gasteiger partial charge in [0.15, 0.2) is 17.3 Å². The molecule has 3 N–H and O–H groups in total. The molecule has 3 aromatic rings. The molecule has 0 aliphatic heterocycles. The van der Waals surface area contributed by atoms with Gasteiger partial charge in [0.25, 0.3) is 0 Å². The maximum Gasteiger partial charge on any atom is 0.160 e. The quantitative estimate of drug-likeness (QED) is 0.0367. The van der Waals surface area contributed by atoms with E-state index in [2.05, 4.69) is 22.9 Å². The zero-order valence-electron chi connectivity index (χ0n) is 44.6. The lowest BCUT2D eigenvalue weighted by Gasteiger charge is -2.18. The molecule has 0 saturated heterocycles. The van der Waals surface area contributed by atoms with Gasteiger partial charge in [0, 0.05) is 39.9 Å². The minimum Gasteiger partial charge on any atom is -0.493 e. The highest BCUT2D eigenvalue weighted by Crippen LogP contribution is 2.35. The highest BCUT2D eigenvalue weighted by atomic mass is 16.5. The van der Waals surface area contributed by atoms with Gasteiger partial charge < -0.3 is 44.4 Å². The summed E-state index contributed by atoms with van der Waals surface area (Å²) in [4.78, 5) is 37.3. The van der Waals surface area contributed by atoms with Crippen molar-refractivity contribution in [3.05, 3.63) is 69.8 Å². The zero-order chi connectivity index (χ0) is 50.8. The van der Waals surface area contributed by atoms with E-state index in [1.165, 1.54) is 12.8 Å². The van der Waals surface area contributed by atoms with E-state index < -0.39 is 0 Å². The summed E-state index contributed by atoms with van der Waals surface area (Å²) in [7, 11) is 5.82. The molecule has 0 heterocycles. The summed E-state index contributed by atoms with van der Waals surface area (Å²) in [6.07, 6.45) is 20.4. The molecule has 0 aliphatic carbocycles. The molecular weight excluding hydrogens is 883 g/mol. The van der Waals surface area contributed by atoms with Gasteiger partial charge in [0.2, 0.25) is 0 Å². The highest BCUT2D eigenvalue weighted by Gasteiger charge is 2.19. The molecule has 392 valence electrons. The third-order valence-corrected chi connectivity index (χ3v) is 12.4. The van der Waals surface area contributed by atoms with E-state index in [0.29, 0.717) is 62.9 Å². The van der Waals surface area contributed by atoms with Crippen molar-refractivity contribution >= 4 is 17.3 Å². The summed E-state index contributed by atoms with van der Waals surface area (Å²) in [6, 6.07) is 11.2. The van der Waals surface area contributed by atoms with Crippen LogP contribution < -0.4 is 44.4 Å². The van der Waals surface area contributed by atoms with Crippen LogP contribution in [0.15, 0.2) is 36.4 Å². The van der Waals surface area contributed by atoms with Gasteiger partial charge in [-0.15, -0.1) is 0 Å². The van der Waals surface area contributed by atoms with E-state index in [1.54, 1.807) is 20.8 Å². The molecule has 0 saturated carbocycles. The monoisotopic (exact) mass is 974 g/mol. The Balaban J connectivity index is 1.42.